The van der Waals surface area contributed by atoms with Crippen LogP contribution in [0.2, 0.25) is 0 Å². The Hall–Kier alpha value is -3.45. The largest absolute Gasteiger partial charge is 0.330 e. The molecule has 0 atom stereocenters. The minimum absolute atomic E-state index is 0.324. The number of pyridine rings is 1. The Bertz CT molecular complexity index is 1580. The summed E-state index contributed by atoms with van der Waals surface area (Å²) < 4.78 is 5.49. The first-order valence-corrected chi connectivity index (χ1v) is 10.2. The Morgan fingerprint density at radius 3 is 2.53 bits per heavy atom. The third-order valence-electron chi connectivity index (χ3n) is 5.39. The molecule has 0 aliphatic heterocycles. The number of halogens is 1. The maximum atomic E-state index is 13.1. The smallest absolute Gasteiger partial charge is 0.312 e. The van der Waals surface area contributed by atoms with Gasteiger partial charge in [-0.15, -0.1) is 0 Å². The van der Waals surface area contributed by atoms with Crippen molar-refractivity contribution in [3.8, 4) is 16.9 Å². The van der Waals surface area contributed by atoms with Gasteiger partial charge in [0.25, 0.3) is 5.56 Å². The molecule has 0 amide bonds. The molecule has 0 saturated carbocycles. The van der Waals surface area contributed by atoms with E-state index >= 15 is 0 Å². The van der Waals surface area contributed by atoms with Gasteiger partial charge >= 0.3 is 5.69 Å². The molecule has 0 unspecified atom stereocenters. The van der Waals surface area contributed by atoms with Gasteiger partial charge in [-0.1, -0.05) is 46.3 Å². The summed E-state index contributed by atoms with van der Waals surface area (Å²) in [6.45, 7) is 0. The summed E-state index contributed by atoms with van der Waals surface area (Å²) >= 11 is 3.52. The molecule has 0 spiro atoms. The van der Waals surface area contributed by atoms with Crippen LogP contribution in [0.25, 0.3) is 38.8 Å². The summed E-state index contributed by atoms with van der Waals surface area (Å²) in [4.78, 5) is 30.2. The average molecular weight is 461 g/mol. The van der Waals surface area contributed by atoms with E-state index in [9.17, 15) is 9.59 Å². The molecule has 7 heteroatoms. The number of benzene rings is 2. The van der Waals surface area contributed by atoms with Gasteiger partial charge in [-0.3, -0.25) is 18.9 Å². The first-order valence-electron chi connectivity index (χ1n) is 9.38. The van der Waals surface area contributed by atoms with Gasteiger partial charge in [0, 0.05) is 35.7 Å². The van der Waals surface area contributed by atoms with Crippen molar-refractivity contribution in [2.75, 3.05) is 0 Å². The second-order valence-electron chi connectivity index (χ2n) is 7.21. The fourth-order valence-corrected chi connectivity index (χ4v) is 4.25. The monoisotopic (exact) mass is 460 g/mol. The molecule has 148 valence electrons. The summed E-state index contributed by atoms with van der Waals surface area (Å²) in [5.41, 5.74) is 3.19. The third kappa shape index (κ3) is 2.74. The summed E-state index contributed by atoms with van der Waals surface area (Å²) in [6, 6.07) is 17.7. The first kappa shape index (κ1) is 18.6. The summed E-state index contributed by atoms with van der Waals surface area (Å²) in [7, 11) is 3.18. The van der Waals surface area contributed by atoms with Gasteiger partial charge in [-0.25, -0.2) is 4.79 Å². The lowest BCUT2D eigenvalue weighted by Gasteiger charge is -2.11. The van der Waals surface area contributed by atoms with Crippen LogP contribution in [0.15, 0.2) is 81.1 Å². The third-order valence-corrected chi connectivity index (χ3v) is 5.88. The number of hydrogen-bond donors (Lipinski definition) is 0. The van der Waals surface area contributed by atoms with Gasteiger partial charge in [0.1, 0.15) is 0 Å². The summed E-state index contributed by atoms with van der Waals surface area (Å²) in [5, 5.41) is 1.49. The molecule has 0 fully saturated rings. The van der Waals surface area contributed by atoms with Crippen LogP contribution >= 0.6 is 15.9 Å². The van der Waals surface area contributed by atoms with E-state index in [2.05, 4.69) is 20.9 Å². The maximum absolute atomic E-state index is 13.1. The lowest BCUT2D eigenvalue weighted by atomic mass is 10.1. The van der Waals surface area contributed by atoms with Gasteiger partial charge in [0.2, 0.25) is 0 Å². The molecule has 3 heterocycles. The molecule has 0 aliphatic rings. The Morgan fingerprint density at radius 2 is 1.73 bits per heavy atom. The quantitative estimate of drug-likeness (QED) is 0.399. The molecule has 3 aromatic heterocycles. The number of fused-ring (bicyclic) bond motifs is 2. The van der Waals surface area contributed by atoms with Crippen molar-refractivity contribution >= 4 is 37.7 Å². The van der Waals surface area contributed by atoms with Crippen LogP contribution < -0.4 is 11.2 Å². The van der Waals surface area contributed by atoms with E-state index in [1.807, 2.05) is 65.4 Å². The molecule has 5 aromatic rings. The van der Waals surface area contributed by atoms with Crippen LogP contribution in [-0.4, -0.2) is 18.7 Å². The number of aryl methyl sites for hydroxylation is 1. The van der Waals surface area contributed by atoms with Crippen molar-refractivity contribution in [1.29, 1.82) is 0 Å². The van der Waals surface area contributed by atoms with Crippen molar-refractivity contribution in [1.82, 2.24) is 18.7 Å². The molecule has 0 bridgehead atoms. The van der Waals surface area contributed by atoms with Gasteiger partial charge in [-0.05, 0) is 24.3 Å². The highest BCUT2D eigenvalue weighted by Crippen LogP contribution is 2.32. The van der Waals surface area contributed by atoms with Crippen LogP contribution in [0.3, 0.4) is 0 Å². The average Bonchev–Trinajstić information content (AvgIpc) is 3.17. The molecule has 5 rings (SSSR count). The zero-order valence-electron chi connectivity index (χ0n) is 16.3. The Balaban J connectivity index is 1.95. The van der Waals surface area contributed by atoms with E-state index in [1.165, 1.54) is 11.6 Å². The van der Waals surface area contributed by atoms with Crippen molar-refractivity contribution in [2.45, 2.75) is 0 Å². The topological polar surface area (TPSA) is 61.8 Å². The maximum Gasteiger partial charge on any atom is 0.330 e. The molecule has 0 saturated heterocycles. The number of nitrogens with zero attached hydrogens (tertiary/aromatic N) is 4. The van der Waals surface area contributed by atoms with Crippen LogP contribution in [0.1, 0.15) is 0 Å². The molecule has 30 heavy (non-hydrogen) atoms. The van der Waals surface area contributed by atoms with E-state index in [0.29, 0.717) is 10.9 Å². The summed E-state index contributed by atoms with van der Waals surface area (Å²) in [5.74, 6) is 0. The van der Waals surface area contributed by atoms with Gasteiger partial charge in [0.05, 0.1) is 34.0 Å². The first-order chi connectivity index (χ1) is 14.5. The van der Waals surface area contributed by atoms with Gasteiger partial charge < -0.3 is 4.57 Å². The number of aromatic nitrogens is 4. The number of para-hydroxylation sites is 1. The van der Waals surface area contributed by atoms with Crippen molar-refractivity contribution < 1.29 is 0 Å². The Kier molecular flexibility index (Phi) is 4.22. The predicted molar refractivity (Wildman–Crippen MR) is 122 cm³/mol. The molecule has 0 aliphatic carbocycles. The molecule has 0 N–H and O–H groups in total. The second kappa shape index (κ2) is 6.81. The lowest BCUT2D eigenvalue weighted by Crippen LogP contribution is -2.36. The van der Waals surface area contributed by atoms with Crippen LogP contribution in [-0.2, 0) is 14.1 Å². The van der Waals surface area contributed by atoms with Crippen molar-refractivity contribution in [3.63, 3.8) is 0 Å². The fourth-order valence-electron chi connectivity index (χ4n) is 3.85. The molecule has 6 nitrogen and oxygen atoms in total. The Morgan fingerprint density at radius 1 is 0.933 bits per heavy atom. The second-order valence-corrected chi connectivity index (χ2v) is 8.13. The zero-order chi connectivity index (χ0) is 21.0. The summed E-state index contributed by atoms with van der Waals surface area (Å²) in [6.07, 6.45) is 3.62. The van der Waals surface area contributed by atoms with E-state index in [1.54, 1.807) is 13.2 Å². The van der Waals surface area contributed by atoms with E-state index in [0.717, 1.165) is 36.9 Å². The van der Waals surface area contributed by atoms with E-state index in [-0.39, 0.29) is 11.2 Å². The highest BCUT2D eigenvalue weighted by molar-refractivity contribution is 9.10. The molecule has 2 aromatic carbocycles. The molecule has 0 radical (unpaired) electrons. The zero-order valence-corrected chi connectivity index (χ0v) is 17.9. The SMILES string of the molecule is Cn1c(=O)c2c(-c3cccc(Br)c3)n(-c3cnc4ccccc4c3)cc2n(C)c1=O. The minimum Gasteiger partial charge on any atom is -0.312 e. The van der Waals surface area contributed by atoms with Crippen LogP contribution in [0.5, 0.6) is 0 Å². The molecular weight excluding hydrogens is 444 g/mol. The van der Waals surface area contributed by atoms with Crippen molar-refractivity contribution in [3.05, 3.63) is 92.3 Å². The van der Waals surface area contributed by atoms with Gasteiger partial charge in [0.15, 0.2) is 0 Å². The predicted octanol–water partition coefficient (Wildman–Crippen LogP) is 4.01. The highest BCUT2D eigenvalue weighted by atomic mass is 79.9. The molecular formula is C23H17BrN4O2. The highest BCUT2D eigenvalue weighted by Gasteiger charge is 2.20. The van der Waals surface area contributed by atoms with Crippen LogP contribution in [0, 0.1) is 0 Å². The number of rotatable bonds is 2. The standard InChI is InChI=1S/C23H17BrN4O2/c1-26-19-13-28(17-11-14-6-3-4-9-18(14)25-12-17)21(15-7-5-8-16(24)10-15)20(19)22(29)27(2)23(26)30/h3-13H,1-2H3. The van der Waals surface area contributed by atoms with E-state index in [4.69, 9.17) is 0 Å². The van der Waals surface area contributed by atoms with Gasteiger partial charge in [-0.2, -0.15) is 0 Å². The minimum atomic E-state index is -0.359. The van der Waals surface area contributed by atoms with Crippen molar-refractivity contribution in [2.24, 2.45) is 14.1 Å². The number of hydrogen-bond acceptors (Lipinski definition) is 3. The normalized spacial score (nSPS) is 11.4. The lowest BCUT2D eigenvalue weighted by molar-refractivity contribution is 0.714. The van der Waals surface area contributed by atoms with Crippen LogP contribution in [0.4, 0.5) is 0 Å². The Labute approximate surface area is 179 Å². The fraction of sp³-hybridized carbons (Fsp3) is 0.0870. The van der Waals surface area contributed by atoms with E-state index < -0.39 is 0 Å².